The van der Waals surface area contributed by atoms with Crippen molar-refractivity contribution >= 4 is 16.9 Å². The van der Waals surface area contributed by atoms with Crippen molar-refractivity contribution in [3.05, 3.63) is 69.6 Å². The van der Waals surface area contributed by atoms with Crippen LogP contribution in [0.2, 0.25) is 0 Å². The van der Waals surface area contributed by atoms with Gasteiger partial charge in [0.2, 0.25) is 0 Å². The molecular formula is C18H17FN2O3. The molecule has 0 aliphatic heterocycles. The summed E-state index contributed by atoms with van der Waals surface area (Å²) in [6.07, 6.45) is 1.54. The van der Waals surface area contributed by atoms with Crippen LogP contribution in [0.4, 0.5) is 4.39 Å². The predicted molar refractivity (Wildman–Crippen MR) is 88.5 cm³/mol. The summed E-state index contributed by atoms with van der Waals surface area (Å²) in [7, 11) is 1.61. The molecule has 24 heavy (non-hydrogen) atoms. The summed E-state index contributed by atoms with van der Waals surface area (Å²) in [5, 5.41) is 3.48. The van der Waals surface area contributed by atoms with Gasteiger partial charge in [-0.25, -0.2) is 4.39 Å². The number of aromatic nitrogens is 1. The van der Waals surface area contributed by atoms with E-state index >= 15 is 0 Å². The number of rotatable bonds is 3. The van der Waals surface area contributed by atoms with E-state index in [0.29, 0.717) is 16.7 Å². The van der Waals surface area contributed by atoms with Gasteiger partial charge < -0.3 is 14.3 Å². The van der Waals surface area contributed by atoms with Gasteiger partial charge in [-0.15, -0.1) is 0 Å². The third-order valence-corrected chi connectivity index (χ3v) is 4.04. The number of carbonyl (C=O) groups excluding carboxylic acids is 1. The Bertz CT molecular complexity index is 988. The molecule has 0 aliphatic carbocycles. The molecule has 5 nitrogen and oxygen atoms in total. The van der Waals surface area contributed by atoms with Gasteiger partial charge in [0.1, 0.15) is 17.2 Å². The van der Waals surface area contributed by atoms with Crippen LogP contribution < -0.4 is 10.9 Å². The Morgan fingerprint density at radius 3 is 2.75 bits per heavy atom. The number of pyridine rings is 1. The Morgan fingerprint density at radius 1 is 1.29 bits per heavy atom. The smallest absolute Gasteiger partial charge is 0.252 e. The van der Waals surface area contributed by atoms with Crippen molar-refractivity contribution in [2.45, 2.75) is 19.9 Å². The molecule has 2 heterocycles. The van der Waals surface area contributed by atoms with Gasteiger partial charge >= 0.3 is 0 Å². The summed E-state index contributed by atoms with van der Waals surface area (Å²) in [6.45, 7) is 3.60. The molecule has 0 aliphatic rings. The van der Waals surface area contributed by atoms with Gasteiger partial charge in [0.15, 0.2) is 0 Å². The Labute approximate surface area is 137 Å². The molecule has 124 valence electrons. The first-order chi connectivity index (χ1) is 11.4. The third-order valence-electron chi connectivity index (χ3n) is 4.04. The van der Waals surface area contributed by atoms with Gasteiger partial charge in [0.05, 0.1) is 6.04 Å². The lowest BCUT2D eigenvalue weighted by Crippen LogP contribution is -2.28. The lowest BCUT2D eigenvalue weighted by Gasteiger charge is -2.12. The summed E-state index contributed by atoms with van der Waals surface area (Å²) in [6, 6.07) is 6.74. The first kappa shape index (κ1) is 16.0. The molecule has 3 aromatic rings. The van der Waals surface area contributed by atoms with E-state index in [4.69, 9.17) is 4.42 Å². The number of hydrogen-bond acceptors (Lipinski definition) is 3. The van der Waals surface area contributed by atoms with E-state index in [9.17, 15) is 14.0 Å². The fourth-order valence-corrected chi connectivity index (χ4v) is 2.66. The first-order valence-electron chi connectivity index (χ1n) is 7.53. The van der Waals surface area contributed by atoms with E-state index in [-0.39, 0.29) is 22.8 Å². The summed E-state index contributed by atoms with van der Waals surface area (Å²) in [4.78, 5) is 23.9. The number of furan rings is 1. The van der Waals surface area contributed by atoms with Crippen molar-refractivity contribution < 1.29 is 13.6 Å². The van der Waals surface area contributed by atoms with Crippen molar-refractivity contribution in [2.75, 3.05) is 0 Å². The van der Waals surface area contributed by atoms with E-state index in [0.717, 1.165) is 5.56 Å². The summed E-state index contributed by atoms with van der Waals surface area (Å²) >= 11 is 0. The molecule has 3 rings (SSSR count). The van der Waals surface area contributed by atoms with Crippen LogP contribution in [0.3, 0.4) is 0 Å². The van der Waals surface area contributed by atoms with Crippen LogP contribution in [0.5, 0.6) is 0 Å². The number of hydrogen-bond donors (Lipinski definition) is 1. The molecule has 1 atom stereocenters. The zero-order valence-electron chi connectivity index (χ0n) is 13.6. The largest absolute Gasteiger partial charge is 0.459 e. The number of nitrogens with zero attached hydrogens (tertiary/aromatic N) is 1. The highest BCUT2D eigenvalue weighted by atomic mass is 19.1. The molecule has 0 bridgehead atoms. The van der Waals surface area contributed by atoms with Crippen molar-refractivity contribution in [3.8, 4) is 0 Å². The second-order valence-electron chi connectivity index (χ2n) is 5.79. The molecule has 0 saturated carbocycles. The highest BCUT2D eigenvalue weighted by molar-refractivity contribution is 5.94. The van der Waals surface area contributed by atoms with Crippen LogP contribution >= 0.6 is 0 Å². The summed E-state index contributed by atoms with van der Waals surface area (Å²) in [5.74, 6) is -0.145. The zero-order valence-corrected chi connectivity index (χ0v) is 13.6. The fraction of sp³-hybridized carbons (Fsp3) is 0.222. The van der Waals surface area contributed by atoms with Crippen LogP contribution in [-0.2, 0) is 7.05 Å². The molecule has 0 saturated heterocycles. The lowest BCUT2D eigenvalue weighted by atomic mass is 10.1. The van der Waals surface area contributed by atoms with Gasteiger partial charge in [-0.1, -0.05) is 0 Å². The maximum absolute atomic E-state index is 13.4. The van der Waals surface area contributed by atoms with E-state index in [1.807, 2.05) is 6.92 Å². The Kier molecular flexibility index (Phi) is 3.97. The van der Waals surface area contributed by atoms with Crippen molar-refractivity contribution in [2.24, 2.45) is 7.05 Å². The van der Waals surface area contributed by atoms with E-state index in [1.165, 1.54) is 29.0 Å². The molecule has 1 unspecified atom stereocenters. The summed E-state index contributed by atoms with van der Waals surface area (Å²) in [5.41, 5.74) is 1.37. The van der Waals surface area contributed by atoms with Crippen LogP contribution in [-0.4, -0.2) is 10.5 Å². The highest BCUT2D eigenvalue weighted by Gasteiger charge is 2.19. The first-order valence-corrected chi connectivity index (χ1v) is 7.53. The van der Waals surface area contributed by atoms with Gasteiger partial charge in [-0.05, 0) is 38.1 Å². The molecule has 0 fully saturated rings. The average Bonchev–Trinajstić information content (AvgIpc) is 2.86. The Balaban J connectivity index is 1.88. The van der Waals surface area contributed by atoms with Gasteiger partial charge in [-0.2, -0.15) is 0 Å². The van der Waals surface area contributed by atoms with Gasteiger partial charge in [0.25, 0.3) is 11.5 Å². The van der Waals surface area contributed by atoms with Crippen molar-refractivity contribution in [1.29, 1.82) is 0 Å². The number of amides is 1. The van der Waals surface area contributed by atoms with E-state index in [2.05, 4.69) is 5.32 Å². The highest BCUT2D eigenvalue weighted by Crippen LogP contribution is 2.30. The molecular weight excluding hydrogens is 311 g/mol. The quantitative estimate of drug-likeness (QED) is 0.803. The number of benzene rings is 1. The van der Waals surface area contributed by atoms with Crippen molar-refractivity contribution in [3.63, 3.8) is 0 Å². The maximum atomic E-state index is 13.4. The van der Waals surface area contributed by atoms with Crippen LogP contribution in [0.25, 0.3) is 11.0 Å². The minimum Gasteiger partial charge on any atom is -0.459 e. The van der Waals surface area contributed by atoms with Crippen LogP contribution in [0.15, 0.2) is 45.7 Å². The minimum absolute atomic E-state index is 0.259. The van der Waals surface area contributed by atoms with Crippen LogP contribution in [0.1, 0.15) is 34.6 Å². The topological polar surface area (TPSA) is 64.2 Å². The Morgan fingerprint density at radius 2 is 2.04 bits per heavy atom. The normalized spacial score (nSPS) is 12.3. The van der Waals surface area contributed by atoms with Crippen molar-refractivity contribution in [1.82, 2.24) is 9.88 Å². The molecule has 2 aromatic heterocycles. The van der Waals surface area contributed by atoms with E-state index < -0.39 is 6.04 Å². The number of halogens is 1. The number of nitrogens with one attached hydrogen (secondary N) is 1. The number of fused-ring (bicyclic) bond motifs is 1. The maximum Gasteiger partial charge on any atom is 0.252 e. The van der Waals surface area contributed by atoms with Gasteiger partial charge in [0, 0.05) is 35.8 Å². The SMILES string of the molecule is Cc1c(C(C)NC(=O)c2ccn(C)c(=O)c2)oc2ccc(F)cc12. The molecule has 1 aromatic carbocycles. The molecule has 6 heteroatoms. The molecule has 1 amide bonds. The zero-order chi connectivity index (χ0) is 17.4. The molecule has 1 N–H and O–H groups in total. The number of carbonyl (C=O) groups is 1. The fourth-order valence-electron chi connectivity index (χ4n) is 2.66. The molecule has 0 spiro atoms. The predicted octanol–water partition coefficient (Wildman–Crippen LogP) is 3.07. The number of aryl methyl sites for hydroxylation is 2. The standard InChI is InChI=1S/C18H17FN2O3/c1-10-14-9-13(19)4-5-15(14)24-17(10)11(2)20-18(23)12-6-7-21(3)16(22)8-12/h4-9,11H,1-3H3,(H,20,23). The summed E-state index contributed by atoms with van der Waals surface area (Å²) < 4.78 is 20.5. The Hall–Kier alpha value is -2.89. The second kappa shape index (κ2) is 5.96. The third kappa shape index (κ3) is 2.82. The molecule has 0 radical (unpaired) electrons. The monoisotopic (exact) mass is 328 g/mol. The van der Waals surface area contributed by atoms with E-state index in [1.54, 1.807) is 26.1 Å². The minimum atomic E-state index is -0.419. The van der Waals surface area contributed by atoms with Gasteiger partial charge in [-0.3, -0.25) is 9.59 Å². The average molecular weight is 328 g/mol. The van der Waals surface area contributed by atoms with Crippen LogP contribution in [0, 0.1) is 12.7 Å². The second-order valence-corrected chi connectivity index (χ2v) is 5.79. The lowest BCUT2D eigenvalue weighted by molar-refractivity contribution is 0.0935.